The van der Waals surface area contributed by atoms with Crippen LogP contribution in [0.1, 0.15) is 38.3 Å². The van der Waals surface area contributed by atoms with Crippen LogP contribution in [-0.4, -0.2) is 32.4 Å². The van der Waals surface area contributed by atoms with Crippen LogP contribution in [0.25, 0.3) is 0 Å². The van der Waals surface area contributed by atoms with Crippen molar-refractivity contribution < 1.29 is 9.47 Å². The lowest BCUT2D eigenvalue weighted by molar-refractivity contribution is 0.169. The Balaban J connectivity index is 2.88. The first kappa shape index (κ1) is 15.9. The van der Waals surface area contributed by atoms with Crippen molar-refractivity contribution in [3.8, 4) is 5.88 Å². The van der Waals surface area contributed by atoms with Crippen LogP contribution in [0, 0.1) is 5.92 Å². The SMILES string of the molecule is CCCNC(c1cccnc1OC)C(C)CCOC. The van der Waals surface area contributed by atoms with E-state index in [1.54, 1.807) is 20.4 Å². The molecule has 0 bridgehead atoms. The molecule has 1 rings (SSSR count). The van der Waals surface area contributed by atoms with Crippen LogP contribution in [0.2, 0.25) is 0 Å². The van der Waals surface area contributed by atoms with Gasteiger partial charge in [0.05, 0.1) is 7.11 Å². The monoisotopic (exact) mass is 266 g/mol. The van der Waals surface area contributed by atoms with Crippen molar-refractivity contribution >= 4 is 0 Å². The van der Waals surface area contributed by atoms with Crippen molar-refractivity contribution in [3.63, 3.8) is 0 Å². The number of rotatable bonds is 9. The summed E-state index contributed by atoms with van der Waals surface area (Å²) in [5, 5.41) is 3.59. The number of methoxy groups -OCH3 is 2. The number of nitrogens with zero attached hydrogens (tertiary/aromatic N) is 1. The molecule has 19 heavy (non-hydrogen) atoms. The first-order chi connectivity index (χ1) is 9.24. The molecule has 0 fully saturated rings. The average Bonchev–Trinajstić information content (AvgIpc) is 2.45. The predicted molar refractivity (Wildman–Crippen MR) is 77.5 cm³/mol. The maximum Gasteiger partial charge on any atom is 0.217 e. The molecule has 1 aromatic rings. The van der Waals surface area contributed by atoms with Crippen molar-refractivity contribution in [2.24, 2.45) is 5.92 Å². The second kappa shape index (κ2) is 8.88. The third-order valence-electron chi connectivity index (χ3n) is 3.29. The lowest BCUT2D eigenvalue weighted by Gasteiger charge is -2.26. The Morgan fingerprint density at radius 3 is 2.79 bits per heavy atom. The summed E-state index contributed by atoms with van der Waals surface area (Å²) >= 11 is 0. The second-order valence-electron chi connectivity index (χ2n) is 4.79. The van der Waals surface area contributed by atoms with Gasteiger partial charge in [-0.15, -0.1) is 0 Å². The summed E-state index contributed by atoms with van der Waals surface area (Å²) in [5.41, 5.74) is 1.13. The van der Waals surface area contributed by atoms with Gasteiger partial charge in [0.15, 0.2) is 0 Å². The van der Waals surface area contributed by atoms with Gasteiger partial charge in [-0.3, -0.25) is 0 Å². The molecule has 0 aliphatic rings. The molecule has 0 aromatic carbocycles. The van der Waals surface area contributed by atoms with Crippen molar-refractivity contribution in [1.82, 2.24) is 10.3 Å². The van der Waals surface area contributed by atoms with Crippen molar-refractivity contribution in [2.75, 3.05) is 27.4 Å². The highest BCUT2D eigenvalue weighted by atomic mass is 16.5. The molecule has 0 aliphatic carbocycles. The molecule has 1 heterocycles. The first-order valence-electron chi connectivity index (χ1n) is 6.95. The van der Waals surface area contributed by atoms with Crippen LogP contribution >= 0.6 is 0 Å². The third kappa shape index (κ3) is 4.80. The van der Waals surface area contributed by atoms with Gasteiger partial charge < -0.3 is 14.8 Å². The molecule has 0 amide bonds. The summed E-state index contributed by atoms with van der Waals surface area (Å²) in [6, 6.07) is 4.29. The van der Waals surface area contributed by atoms with Crippen molar-refractivity contribution in [1.29, 1.82) is 0 Å². The number of pyridine rings is 1. The molecule has 0 radical (unpaired) electrons. The predicted octanol–water partition coefficient (Wildman–Crippen LogP) is 2.80. The molecule has 4 heteroatoms. The Morgan fingerprint density at radius 2 is 2.16 bits per heavy atom. The number of hydrogen-bond acceptors (Lipinski definition) is 4. The van der Waals surface area contributed by atoms with Crippen LogP contribution in [0.4, 0.5) is 0 Å². The smallest absolute Gasteiger partial charge is 0.217 e. The van der Waals surface area contributed by atoms with E-state index in [2.05, 4.69) is 30.2 Å². The zero-order valence-corrected chi connectivity index (χ0v) is 12.5. The minimum Gasteiger partial charge on any atom is -0.481 e. The standard InChI is InChI=1S/C15H26N2O2/c1-5-9-16-14(12(2)8-11-18-3)13-7-6-10-17-15(13)19-4/h6-7,10,12,14,16H,5,8-9,11H2,1-4H3. The maximum atomic E-state index is 5.38. The Labute approximate surface area is 116 Å². The first-order valence-corrected chi connectivity index (χ1v) is 6.95. The fourth-order valence-electron chi connectivity index (χ4n) is 2.20. The third-order valence-corrected chi connectivity index (χ3v) is 3.29. The number of nitrogens with one attached hydrogen (secondary N) is 1. The minimum atomic E-state index is 0.249. The topological polar surface area (TPSA) is 43.4 Å². The van der Waals surface area contributed by atoms with Gasteiger partial charge in [-0.1, -0.05) is 19.9 Å². The fraction of sp³-hybridized carbons (Fsp3) is 0.667. The lowest BCUT2D eigenvalue weighted by atomic mass is 9.92. The molecule has 0 saturated carbocycles. The van der Waals surface area contributed by atoms with Gasteiger partial charge in [0, 0.05) is 31.5 Å². The minimum absolute atomic E-state index is 0.249. The Kier molecular flexibility index (Phi) is 7.45. The highest BCUT2D eigenvalue weighted by molar-refractivity contribution is 5.29. The fourth-order valence-corrected chi connectivity index (χ4v) is 2.20. The molecule has 0 aliphatic heterocycles. The summed E-state index contributed by atoms with van der Waals surface area (Å²) in [6.45, 7) is 6.16. The molecule has 0 saturated heterocycles. The largest absolute Gasteiger partial charge is 0.481 e. The van der Waals surface area contributed by atoms with Gasteiger partial charge in [0.1, 0.15) is 0 Å². The highest BCUT2D eigenvalue weighted by Gasteiger charge is 2.22. The van der Waals surface area contributed by atoms with Gasteiger partial charge in [0.2, 0.25) is 5.88 Å². The summed E-state index contributed by atoms with van der Waals surface area (Å²) in [5.74, 6) is 1.17. The zero-order valence-electron chi connectivity index (χ0n) is 12.5. The average molecular weight is 266 g/mol. The van der Waals surface area contributed by atoms with Crippen LogP contribution < -0.4 is 10.1 Å². The van der Waals surface area contributed by atoms with Crippen LogP contribution in [0.15, 0.2) is 18.3 Å². The van der Waals surface area contributed by atoms with E-state index in [0.717, 1.165) is 31.6 Å². The molecule has 4 nitrogen and oxygen atoms in total. The van der Waals surface area contributed by atoms with Gasteiger partial charge in [-0.05, 0) is 31.4 Å². The molecule has 0 spiro atoms. The summed E-state index contributed by atoms with van der Waals surface area (Å²) in [4.78, 5) is 4.30. The molecule has 1 N–H and O–H groups in total. The maximum absolute atomic E-state index is 5.38. The highest BCUT2D eigenvalue weighted by Crippen LogP contribution is 2.30. The Bertz CT molecular complexity index is 358. The van der Waals surface area contributed by atoms with Gasteiger partial charge in [0.25, 0.3) is 0 Å². The lowest BCUT2D eigenvalue weighted by Crippen LogP contribution is -2.29. The van der Waals surface area contributed by atoms with Gasteiger partial charge >= 0.3 is 0 Å². The van der Waals surface area contributed by atoms with Crippen molar-refractivity contribution in [3.05, 3.63) is 23.9 Å². The number of ether oxygens (including phenoxy) is 2. The molecular formula is C15H26N2O2. The molecule has 1 aromatic heterocycles. The Hall–Kier alpha value is -1.13. The second-order valence-corrected chi connectivity index (χ2v) is 4.79. The molecular weight excluding hydrogens is 240 g/mol. The van der Waals surface area contributed by atoms with E-state index in [1.165, 1.54) is 0 Å². The van der Waals surface area contributed by atoms with Crippen molar-refractivity contribution in [2.45, 2.75) is 32.7 Å². The van der Waals surface area contributed by atoms with E-state index >= 15 is 0 Å². The van der Waals surface area contributed by atoms with E-state index in [9.17, 15) is 0 Å². The van der Waals surface area contributed by atoms with E-state index in [4.69, 9.17) is 9.47 Å². The number of aromatic nitrogens is 1. The Morgan fingerprint density at radius 1 is 1.37 bits per heavy atom. The quantitative estimate of drug-likeness (QED) is 0.746. The van der Waals surface area contributed by atoms with E-state index < -0.39 is 0 Å². The summed E-state index contributed by atoms with van der Waals surface area (Å²) < 4.78 is 10.6. The number of hydrogen-bond donors (Lipinski definition) is 1. The zero-order chi connectivity index (χ0) is 14.1. The summed E-state index contributed by atoms with van der Waals surface area (Å²) in [6.07, 6.45) is 3.88. The van der Waals surface area contributed by atoms with E-state index in [1.807, 2.05) is 6.07 Å². The molecule has 2 unspecified atom stereocenters. The molecule has 2 atom stereocenters. The van der Waals surface area contributed by atoms with E-state index in [-0.39, 0.29) is 6.04 Å². The van der Waals surface area contributed by atoms with Crippen LogP contribution in [0.5, 0.6) is 5.88 Å². The van der Waals surface area contributed by atoms with Crippen LogP contribution in [0.3, 0.4) is 0 Å². The normalized spacial score (nSPS) is 14.1. The summed E-state index contributed by atoms with van der Waals surface area (Å²) in [7, 11) is 3.41. The van der Waals surface area contributed by atoms with Crippen LogP contribution in [-0.2, 0) is 4.74 Å². The van der Waals surface area contributed by atoms with Gasteiger partial charge in [-0.25, -0.2) is 4.98 Å². The van der Waals surface area contributed by atoms with E-state index in [0.29, 0.717) is 11.8 Å². The molecule has 108 valence electrons. The van der Waals surface area contributed by atoms with Gasteiger partial charge in [-0.2, -0.15) is 0 Å².